The van der Waals surface area contributed by atoms with Gasteiger partial charge in [0, 0.05) is 13.1 Å². The molecule has 0 aromatic carbocycles. The van der Waals surface area contributed by atoms with Crippen molar-refractivity contribution in [2.45, 2.75) is 13.3 Å². The Balaban J connectivity index is 2.42. The fourth-order valence-electron chi connectivity index (χ4n) is 1.78. The standard InChI is InChI=1S/C11H17NO4/c1-3-6-16-11(15)12-5-4-9(7-12)8(2)10(13)14/h3,8-9H,1,4-7H2,2H3,(H,13,14). The van der Waals surface area contributed by atoms with Crippen LogP contribution in [0.1, 0.15) is 13.3 Å². The minimum Gasteiger partial charge on any atom is -0.481 e. The maximum atomic E-state index is 11.5. The summed E-state index contributed by atoms with van der Waals surface area (Å²) in [4.78, 5) is 23.8. The Bertz CT molecular complexity index is 290. The van der Waals surface area contributed by atoms with E-state index in [1.165, 1.54) is 6.08 Å². The monoisotopic (exact) mass is 227 g/mol. The zero-order valence-electron chi connectivity index (χ0n) is 9.39. The molecule has 1 heterocycles. The van der Waals surface area contributed by atoms with E-state index >= 15 is 0 Å². The normalized spacial score (nSPS) is 21.6. The first-order valence-electron chi connectivity index (χ1n) is 5.31. The number of likely N-dealkylation sites (tertiary alicyclic amines) is 1. The number of ether oxygens (including phenoxy) is 1. The lowest BCUT2D eigenvalue weighted by molar-refractivity contribution is -0.142. The highest BCUT2D eigenvalue weighted by atomic mass is 16.6. The number of carboxylic acids is 1. The van der Waals surface area contributed by atoms with Crippen molar-refractivity contribution in [1.29, 1.82) is 0 Å². The summed E-state index contributed by atoms with van der Waals surface area (Å²) in [6.07, 6.45) is 1.84. The molecule has 90 valence electrons. The van der Waals surface area contributed by atoms with Crippen LogP contribution < -0.4 is 0 Å². The van der Waals surface area contributed by atoms with Gasteiger partial charge in [0.15, 0.2) is 0 Å². The van der Waals surface area contributed by atoms with Gasteiger partial charge in [-0.1, -0.05) is 19.6 Å². The molecule has 5 nitrogen and oxygen atoms in total. The van der Waals surface area contributed by atoms with Crippen molar-refractivity contribution in [2.24, 2.45) is 11.8 Å². The molecule has 2 atom stereocenters. The first-order valence-corrected chi connectivity index (χ1v) is 5.31. The van der Waals surface area contributed by atoms with E-state index in [0.29, 0.717) is 13.1 Å². The van der Waals surface area contributed by atoms with Crippen LogP contribution >= 0.6 is 0 Å². The van der Waals surface area contributed by atoms with Crippen LogP contribution in [0.3, 0.4) is 0 Å². The van der Waals surface area contributed by atoms with Gasteiger partial charge in [-0.05, 0) is 12.3 Å². The van der Waals surface area contributed by atoms with E-state index in [0.717, 1.165) is 6.42 Å². The number of nitrogens with zero attached hydrogens (tertiary/aromatic N) is 1. The van der Waals surface area contributed by atoms with Crippen molar-refractivity contribution < 1.29 is 19.4 Å². The second-order valence-corrected chi connectivity index (χ2v) is 3.99. The second-order valence-electron chi connectivity index (χ2n) is 3.99. The van der Waals surface area contributed by atoms with Gasteiger partial charge in [-0.25, -0.2) is 4.79 Å². The summed E-state index contributed by atoms with van der Waals surface area (Å²) in [6, 6.07) is 0. The number of rotatable bonds is 4. The van der Waals surface area contributed by atoms with Crippen LogP contribution in [0.5, 0.6) is 0 Å². The van der Waals surface area contributed by atoms with Gasteiger partial charge in [0.1, 0.15) is 6.61 Å². The van der Waals surface area contributed by atoms with Crippen molar-refractivity contribution in [3.63, 3.8) is 0 Å². The Morgan fingerprint density at radius 2 is 2.38 bits per heavy atom. The lowest BCUT2D eigenvalue weighted by Gasteiger charge is -2.17. The number of hydrogen-bond donors (Lipinski definition) is 1. The van der Waals surface area contributed by atoms with Crippen molar-refractivity contribution in [3.8, 4) is 0 Å². The van der Waals surface area contributed by atoms with Crippen LogP contribution in [0.25, 0.3) is 0 Å². The molecule has 5 heteroatoms. The predicted molar refractivity (Wildman–Crippen MR) is 58.0 cm³/mol. The Morgan fingerprint density at radius 1 is 1.69 bits per heavy atom. The summed E-state index contributed by atoms with van der Waals surface area (Å²) in [7, 11) is 0. The van der Waals surface area contributed by atoms with Gasteiger partial charge in [0.2, 0.25) is 0 Å². The van der Waals surface area contributed by atoms with Crippen LogP contribution in [0.15, 0.2) is 12.7 Å². The summed E-state index contributed by atoms with van der Waals surface area (Å²) in [5.41, 5.74) is 0. The van der Waals surface area contributed by atoms with Crippen LogP contribution in [-0.2, 0) is 9.53 Å². The van der Waals surface area contributed by atoms with Gasteiger partial charge in [0.25, 0.3) is 0 Å². The van der Waals surface area contributed by atoms with E-state index in [-0.39, 0.29) is 18.6 Å². The molecule has 0 aliphatic carbocycles. The van der Waals surface area contributed by atoms with Gasteiger partial charge in [-0.2, -0.15) is 0 Å². The molecule has 1 N–H and O–H groups in total. The third-order valence-electron chi connectivity index (χ3n) is 2.90. The van der Waals surface area contributed by atoms with E-state index in [1.54, 1.807) is 11.8 Å². The number of hydrogen-bond acceptors (Lipinski definition) is 3. The number of carboxylic acid groups (broad SMARTS) is 1. The molecule has 1 rings (SSSR count). The maximum Gasteiger partial charge on any atom is 0.410 e. The van der Waals surface area contributed by atoms with Gasteiger partial charge < -0.3 is 14.7 Å². The molecular formula is C11H17NO4. The molecule has 0 radical (unpaired) electrons. The van der Waals surface area contributed by atoms with Crippen molar-refractivity contribution >= 4 is 12.1 Å². The fourth-order valence-corrected chi connectivity index (χ4v) is 1.78. The van der Waals surface area contributed by atoms with Crippen LogP contribution in [0.2, 0.25) is 0 Å². The van der Waals surface area contributed by atoms with Crippen LogP contribution in [0.4, 0.5) is 4.79 Å². The zero-order valence-corrected chi connectivity index (χ0v) is 9.39. The fraction of sp³-hybridized carbons (Fsp3) is 0.636. The SMILES string of the molecule is C=CCOC(=O)N1CCC(C(C)C(=O)O)C1. The average molecular weight is 227 g/mol. The average Bonchev–Trinajstić information content (AvgIpc) is 2.73. The number of carbonyl (C=O) groups excluding carboxylic acids is 1. The first-order chi connectivity index (χ1) is 7.56. The first kappa shape index (κ1) is 12.5. The molecule has 0 bridgehead atoms. The lowest BCUT2D eigenvalue weighted by atomic mass is 9.94. The highest BCUT2D eigenvalue weighted by molar-refractivity contribution is 5.71. The summed E-state index contributed by atoms with van der Waals surface area (Å²) in [5, 5.41) is 8.86. The molecule has 0 aromatic rings. The highest BCUT2D eigenvalue weighted by Crippen LogP contribution is 2.24. The van der Waals surface area contributed by atoms with E-state index in [9.17, 15) is 9.59 Å². The maximum absolute atomic E-state index is 11.5. The molecule has 0 spiro atoms. The largest absolute Gasteiger partial charge is 0.481 e. The summed E-state index contributed by atoms with van der Waals surface area (Å²) < 4.78 is 4.89. The molecule has 0 aromatic heterocycles. The smallest absolute Gasteiger partial charge is 0.410 e. The lowest BCUT2D eigenvalue weighted by Crippen LogP contribution is -2.31. The molecule has 1 fully saturated rings. The van der Waals surface area contributed by atoms with Gasteiger partial charge in [-0.3, -0.25) is 4.79 Å². The van der Waals surface area contributed by atoms with Crippen molar-refractivity contribution in [2.75, 3.05) is 19.7 Å². The molecule has 2 unspecified atom stereocenters. The van der Waals surface area contributed by atoms with Crippen LogP contribution in [0, 0.1) is 11.8 Å². The van der Waals surface area contributed by atoms with Gasteiger partial charge >= 0.3 is 12.1 Å². The number of carbonyl (C=O) groups is 2. The number of amides is 1. The van der Waals surface area contributed by atoms with Crippen LogP contribution in [-0.4, -0.2) is 41.8 Å². The molecular weight excluding hydrogens is 210 g/mol. The summed E-state index contributed by atoms with van der Waals surface area (Å²) in [6.45, 7) is 6.34. The summed E-state index contributed by atoms with van der Waals surface area (Å²) in [5.74, 6) is -1.21. The van der Waals surface area contributed by atoms with E-state index in [1.807, 2.05) is 0 Å². The molecule has 16 heavy (non-hydrogen) atoms. The molecule has 1 aliphatic rings. The molecule has 1 saturated heterocycles. The van der Waals surface area contributed by atoms with Crippen molar-refractivity contribution in [3.05, 3.63) is 12.7 Å². The molecule has 1 aliphatic heterocycles. The van der Waals surface area contributed by atoms with Gasteiger partial charge in [0.05, 0.1) is 5.92 Å². The van der Waals surface area contributed by atoms with Crippen molar-refractivity contribution in [1.82, 2.24) is 4.90 Å². The Hall–Kier alpha value is -1.52. The Morgan fingerprint density at radius 3 is 2.94 bits per heavy atom. The summed E-state index contributed by atoms with van der Waals surface area (Å²) >= 11 is 0. The topological polar surface area (TPSA) is 66.8 Å². The molecule has 1 amide bonds. The highest BCUT2D eigenvalue weighted by Gasteiger charge is 2.33. The zero-order chi connectivity index (χ0) is 12.1. The molecule has 0 saturated carbocycles. The third kappa shape index (κ3) is 2.98. The predicted octanol–water partition coefficient (Wildman–Crippen LogP) is 1.35. The quantitative estimate of drug-likeness (QED) is 0.736. The third-order valence-corrected chi connectivity index (χ3v) is 2.90. The number of aliphatic carboxylic acids is 1. The van der Waals surface area contributed by atoms with E-state index in [4.69, 9.17) is 9.84 Å². The van der Waals surface area contributed by atoms with Gasteiger partial charge in [-0.15, -0.1) is 0 Å². The minimum absolute atomic E-state index is 0.0220. The Kier molecular flexibility index (Phi) is 4.34. The van der Waals surface area contributed by atoms with E-state index in [2.05, 4.69) is 6.58 Å². The van der Waals surface area contributed by atoms with E-state index < -0.39 is 11.9 Å². The second kappa shape index (κ2) is 5.53. The Labute approximate surface area is 94.7 Å². The minimum atomic E-state index is -0.814.